The van der Waals surface area contributed by atoms with Crippen LogP contribution in [0.3, 0.4) is 0 Å². The maximum absolute atomic E-state index is 13.0. The van der Waals surface area contributed by atoms with Gasteiger partial charge in [-0.05, 0) is 13.0 Å². The fourth-order valence-electron chi connectivity index (χ4n) is 1.41. The summed E-state index contributed by atoms with van der Waals surface area (Å²) in [6, 6.07) is 2.01. The highest BCUT2D eigenvalue weighted by molar-refractivity contribution is 6.31. The Morgan fingerprint density at radius 2 is 1.94 bits per heavy atom. The van der Waals surface area contributed by atoms with Gasteiger partial charge in [0.05, 0.1) is 16.4 Å². The van der Waals surface area contributed by atoms with Crippen LogP contribution in [0.2, 0.25) is 5.02 Å². The lowest BCUT2D eigenvalue weighted by atomic mass is 10.2. The van der Waals surface area contributed by atoms with Gasteiger partial charge in [-0.25, -0.2) is 4.39 Å². The minimum atomic E-state index is -4.36. The van der Waals surface area contributed by atoms with Gasteiger partial charge in [-0.1, -0.05) is 11.6 Å². The molecule has 0 aliphatic rings. The second kappa shape index (κ2) is 5.00. The van der Waals surface area contributed by atoms with E-state index < -0.39 is 18.5 Å². The van der Waals surface area contributed by atoms with Crippen molar-refractivity contribution < 1.29 is 17.6 Å². The zero-order chi connectivity index (χ0) is 13.2. The second-order valence-corrected chi connectivity index (χ2v) is 3.86. The van der Waals surface area contributed by atoms with Gasteiger partial charge in [-0.15, -0.1) is 0 Å². The molecule has 0 radical (unpaired) electrons. The van der Waals surface area contributed by atoms with Crippen LogP contribution >= 0.6 is 11.6 Å². The molecule has 1 aromatic carbocycles. The molecule has 2 nitrogen and oxygen atoms in total. The summed E-state index contributed by atoms with van der Waals surface area (Å²) in [5.74, 6) is -0.754. The number of nitrogens with two attached hydrogens (primary N) is 1. The van der Waals surface area contributed by atoms with Gasteiger partial charge in [-0.2, -0.15) is 13.2 Å². The molecule has 0 saturated carbocycles. The molecule has 0 amide bonds. The lowest BCUT2D eigenvalue weighted by Crippen LogP contribution is -2.34. The molecule has 0 heterocycles. The quantitative estimate of drug-likeness (QED) is 0.673. The molecule has 17 heavy (non-hydrogen) atoms. The summed E-state index contributed by atoms with van der Waals surface area (Å²) < 4.78 is 49.9. The van der Waals surface area contributed by atoms with Crippen molar-refractivity contribution in [3.63, 3.8) is 0 Å². The van der Waals surface area contributed by atoms with Crippen LogP contribution in [0.5, 0.6) is 0 Å². The van der Waals surface area contributed by atoms with Crippen LogP contribution in [-0.4, -0.2) is 19.3 Å². The molecule has 0 saturated heterocycles. The van der Waals surface area contributed by atoms with E-state index in [1.807, 2.05) is 0 Å². The van der Waals surface area contributed by atoms with E-state index in [0.29, 0.717) is 0 Å². The van der Waals surface area contributed by atoms with E-state index in [1.54, 1.807) is 6.92 Å². The number of alkyl halides is 3. The standard InChI is InChI=1S/C10H11ClF4N2/c1-2-17(5-10(13,14)15)9-3-6(11)7(12)4-8(9)16/h3-4H,2,5,16H2,1H3. The first kappa shape index (κ1) is 13.9. The third-order valence-electron chi connectivity index (χ3n) is 2.16. The lowest BCUT2D eigenvalue weighted by Gasteiger charge is -2.25. The van der Waals surface area contributed by atoms with Crippen LogP contribution in [0.1, 0.15) is 6.92 Å². The van der Waals surface area contributed by atoms with Crippen LogP contribution < -0.4 is 10.6 Å². The van der Waals surface area contributed by atoms with Crippen molar-refractivity contribution in [2.45, 2.75) is 13.1 Å². The van der Waals surface area contributed by atoms with Gasteiger partial charge < -0.3 is 10.6 Å². The first-order valence-corrected chi connectivity index (χ1v) is 5.18. The van der Waals surface area contributed by atoms with Crippen molar-refractivity contribution in [1.82, 2.24) is 0 Å². The van der Waals surface area contributed by atoms with E-state index in [0.717, 1.165) is 17.0 Å². The van der Waals surface area contributed by atoms with E-state index in [-0.39, 0.29) is 22.9 Å². The summed E-state index contributed by atoms with van der Waals surface area (Å²) in [6.45, 7) is 0.476. The summed E-state index contributed by atoms with van der Waals surface area (Å²) >= 11 is 5.52. The molecule has 7 heteroatoms. The highest BCUT2D eigenvalue weighted by Crippen LogP contribution is 2.31. The number of hydrogen-bond acceptors (Lipinski definition) is 2. The number of hydrogen-bond donors (Lipinski definition) is 1. The van der Waals surface area contributed by atoms with E-state index in [1.165, 1.54) is 0 Å². The maximum atomic E-state index is 13.0. The Hall–Kier alpha value is -1.17. The first-order valence-electron chi connectivity index (χ1n) is 4.81. The predicted octanol–water partition coefficient (Wildman–Crippen LogP) is 3.45. The number of halogens is 5. The predicted molar refractivity (Wildman–Crippen MR) is 59.8 cm³/mol. The number of anilines is 2. The SMILES string of the molecule is CCN(CC(F)(F)F)c1cc(Cl)c(F)cc1N. The summed E-state index contributed by atoms with van der Waals surface area (Å²) in [6.07, 6.45) is -4.36. The molecule has 0 fully saturated rings. The molecular weight excluding hydrogens is 260 g/mol. The zero-order valence-electron chi connectivity index (χ0n) is 8.98. The van der Waals surface area contributed by atoms with E-state index in [2.05, 4.69) is 0 Å². The second-order valence-electron chi connectivity index (χ2n) is 3.45. The third kappa shape index (κ3) is 3.66. The Kier molecular flexibility index (Phi) is 4.08. The molecule has 1 aromatic rings. The van der Waals surface area contributed by atoms with Gasteiger partial charge in [0.1, 0.15) is 12.4 Å². The van der Waals surface area contributed by atoms with Crippen LogP contribution in [-0.2, 0) is 0 Å². The Labute approximate surface area is 101 Å². The van der Waals surface area contributed by atoms with Gasteiger partial charge in [0.2, 0.25) is 0 Å². The molecule has 0 unspecified atom stereocenters. The minimum Gasteiger partial charge on any atom is -0.397 e. The van der Waals surface area contributed by atoms with Gasteiger partial charge in [-0.3, -0.25) is 0 Å². The van der Waals surface area contributed by atoms with Crippen LogP contribution in [0.4, 0.5) is 28.9 Å². The monoisotopic (exact) mass is 270 g/mol. The zero-order valence-corrected chi connectivity index (χ0v) is 9.74. The highest BCUT2D eigenvalue weighted by Gasteiger charge is 2.31. The number of nitrogen functional groups attached to an aromatic ring is 1. The average Bonchev–Trinajstić information content (AvgIpc) is 2.19. The summed E-state index contributed by atoms with van der Waals surface area (Å²) in [5, 5.41) is -0.255. The van der Waals surface area contributed by atoms with E-state index in [9.17, 15) is 17.6 Å². The van der Waals surface area contributed by atoms with Gasteiger partial charge in [0, 0.05) is 12.6 Å². The molecule has 1 rings (SSSR count). The number of rotatable bonds is 3. The van der Waals surface area contributed by atoms with Crippen molar-refractivity contribution in [2.75, 3.05) is 23.7 Å². The molecule has 0 aliphatic carbocycles. The lowest BCUT2D eigenvalue weighted by molar-refractivity contribution is -0.119. The Morgan fingerprint density at radius 1 is 1.35 bits per heavy atom. The first-order chi connectivity index (χ1) is 7.74. The van der Waals surface area contributed by atoms with Crippen molar-refractivity contribution in [1.29, 1.82) is 0 Å². The Balaban J connectivity index is 3.08. The maximum Gasteiger partial charge on any atom is 0.405 e. The molecule has 0 aliphatic heterocycles. The largest absolute Gasteiger partial charge is 0.405 e. The van der Waals surface area contributed by atoms with Crippen molar-refractivity contribution in [3.05, 3.63) is 23.0 Å². The molecule has 96 valence electrons. The van der Waals surface area contributed by atoms with Crippen molar-refractivity contribution in [3.8, 4) is 0 Å². The van der Waals surface area contributed by atoms with E-state index in [4.69, 9.17) is 17.3 Å². The van der Waals surface area contributed by atoms with Gasteiger partial charge in [0.15, 0.2) is 0 Å². The van der Waals surface area contributed by atoms with Crippen LogP contribution in [0, 0.1) is 5.82 Å². The molecule has 2 N–H and O–H groups in total. The molecular formula is C10H11ClF4N2. The van der Waals surface area contributed by atoms with E-state index >= 15 is 0 Å². The number of nitrogens with zero attached hydrogens (tertiary/aromatic N) is 1. The molecule has 0 aromatic heterocycles. The fourth-order valence-corrected chi connectivity index (χ4v) is 1.57. The van der Waals surface area contributed by atoms with Gasteiger partial charge >= 0.3 is 6.18 Å². The molecule has 0 spiro atoms. The van der Waals surface area contributed by atoms with Gasteiger partial charge in [0.25, 0.3) is 0 Å². The summed E-state index contributed by atoms with van der Waals surface area (Å²) in [4.78, 5) is 0.987. The van der Waals surface area contributed by atoms with Crippen molar-refractivity contribution in [2.24, 2.45) is 0 Å². The smallest absolute Gasteiger partial charge is 0.397 e. The van der Waals surface area contributed by atoms with Crippen LogP contribution in [0.25, 0.3) is 0 Å². The average molecular weight is 271 g/mol. The van der Waals surface area contributed by atoms with Crippen LogP contribution in [0.15, 0.2) is 12.1 Å². The number of benzene rings is 1. The molecule has 0 atom stereocenters. The summed E-state index contributed by atoms with van der Waals surface area (Å²) in [7, 11) is 0. The normalized spacial score (nSPS) is 11.6. The fraction of sp³-hybridized carbons (Fsp3) is 0.400. The Morgan fingerprint density at radius 3 is 2.41 bits per heavy atom. The third-order valence-corrected chi connectivity index (χ3v) is 2.45. The highest BCUT2D eigenvalue weighted by atomic mass is 35.5. The summed E-state index contributed by atoms with van der Waals surface area (Å²) in [5.41, 5.74) is 5.49. The topological polar surface area (TPSA) is 29.3 Å². The van der Waals surface area contributed by atoms with Crippen molar-refractivity contribution >= 4 is 23.0 Å². The Bertz CT molecular complexity index is 406. The minimum absolute atomic E-state index is 0.0713. The molecule has 0 bridgehead atoms.